The van der Waals surface area contributed by atoms with Crippen molar-refractivity contribution in [2.45, 2.75) is 12.0 Å². The standard InChI is InChI=1S/C19H15ClF2N6O5/c20-9-1-3-10(4-2-9)24-18(32)33-14-7-28(8-19(14,21)22)13-5-12(26-27-16(13)30)11-6-23-17(31)25-15(11)29/h1-6,14H,7-8H2,(H,24,32)(H,27,30)(H2,23,25,29,31)/t14-/m0/s1. The Labute approximate surface area is 187 Å². The van der Waals surface area contributed by atoms with Gasteiger partial charge in [-0.2, -0.15) is 5.10 Å². The molecule has 1 aliphatic heterocycles. The summed E-state index contributed by atoms with van der Waals surface area (Å²) in [5, 5.41) is 8.62. The van der Waals surface area contributed by atoms with E-state index in [1.165, 1.54) is 24.3 Å². The van der Waals surface area contributed by atoms with Crippen molar-refractivity contribution in [2.24, 2.45) is 0 Å². The first-order chi connectivity index (χ1) is 15.6. The van der Waals surface area contributed by atoms with Crippen LogP contribution in [0.4, 0.5) is 25.0 Å². The Balaban J connectivity index is 1.54. The van der Waals surface area contributed by atoms with Crippen molar-refractivity contribution >= 4 is 29.1 Å². The van der Waals surface area contributed by atoms with Gasteiger partial charge in [0.1, 0.15) is 5.69 Å². The Kier molecular flexibility index (Phi) is 5.72. The predicted molar refractivity (Wildman–Crippen MR) is 114 cm³/mol. The van der Waals surface area contributed by atoms with Gasteiger partial charge in [0.25, 0.3) is 11.1 Å². The molecule has 172 valence electrons. The number of hydrogen-bond acceptors (Lipinski definition) is 7. The number of amides is 1. The third-order valence-electron chi connectivity index (χ3n) is 4.82. The molecule has 14 heteroatoms. The summed E-state index contributed by atoms with van der Waals surface area (Å²) in [5.41, 5.74) is -2.39. The van der Waals surface area contributed by atoms with Gasteiger partial charge < -0.3 is 14.6 Å². The molecule has 33 heavy (non-hydrogen) atoms. The third kappa shape index (κ3) is 4.77. The maximum atomic E-state index is 14.6. The Hall–Kier alpha value is -4.00. The van der Waals surface area contributed by atoms with E-state index >= 15 is 0 Å². The van der Waals surface area contributed by atoms with E-state index in [1.807, 2.05) is 4.98 Å². The number of benzene rings is 1. The van der Waals surface area contributed by atoms with E-state index in [4.69, 9.17) is 16.3 Å². The second-order valence-corrected chi connectivity index (χ2v) is 7.56. The first-order valence-electron chi connectivity index (χ1n) is 9.40. The van der Waals surface area contributed by atoms with Crippen molar-refractivity contribution in [1.82, 2.24) is 20.2 Å². The lowest BCUT2D eigenvalue weighted by atomic mass is 10.2. The number of hydrogen-bond donors (Lipinski definition) is 4. The lowest BCUT2D eigenvalue weighted by Crippen LogP contribution is -2.37. The predicted octanol–water partition coefficient (Wildman–Crippen LogP) is 1.54. The first-order valence-corrected chi connectivity index (χ1v) is 9.78. The van der Waals surface area contributed by atoms with E-state index in [1.54, 1.807) is 0 Å². The monoisotopic (exact) mass is 480 g/mol. The normalized spacial score (nSPS) is 17.1. The summed E-state index contributed by atoms with van der Waals surface area (Å²) in [6.07, 6.45) is -1.87. The molecule has 1 fully saturated rings. The van der Waals surface area contributed by atoms with Crippen LogP contribution < -0.4 is 27.0 Å². The van der Waals surface area contributed by atoms with Gasteiger partial charge in [0, 0.05) is 16.9 Å². The highest BCUT2D eigenvalue weighted by Gasteiger charge is 2.51. The van der Waals surface area contributed by atoms with E-state index in [0.717, 1.165) is 17.2 Å². The van der Waals surface area contributed by atoms with E-state index in [9.17, 15) is 28.0 Å². The number of rotatable bonds is 4. The molecule has 3 heterocycles. The fourth-order valence-electron chi connectivity index (χ4n) is 3.24. The molecule has 1 aromatic carbocycles. The second-order valence-electron chi connectivity index (χ2n) is 7.12. The summed E-state index contributed by atoms with van der Waals surface area (Å²) < 4.78 is 34.0. The highest BCUT2D eigenvalue weighted by molar-refractivity contribution is 6.30. The number of ether oxygens (including phenoxy) is 1. The number of aromatic amines is 3. The number of carbonyl (C=O) groups excluding carboxylic acids is 1. The van der Waals surface area contributed by atoms with Crippen LogP contribution in [0.25, 0.3) is 11.3 Å². The number of halogens is 3. The average molecular weight is 481 g/mol. The minimum absolute atomic E-state index is 0.0599. The molecule has 2 aromatic heterocycles. The van der Waals surface area contributed by atoms with E-state index in [0.29, 0.717) is 10.7 Å². The van der Waals surface area contributed by atoms with Crippen LogP contribution in [0, 0.1) is 0 Å². The lowest BCUT2D eigenvalue weighted by molar-refractivity contribution is -0.0735. The first kappa shape index (κ1) is 22.2. The maximum absolute atomic E-state index is 14.6. The molecule has 4 N–H and O–H groups in total. The van der Waals surface area contributed by atoms with Crippen LogP contribution >= 0.6 is 11.6 Å². The van der Waals surface area contributed by atoms with Gasteiger partial charge in [-0.05, 0) is 30.3 Å². The highest BCUT2D eigenvalue weighted by atomic mass is 35.5. The third-order valence-corrected chi connectivity index (χ3v) is 5.07. The molecule has 1 saturated heterocycles. The van der Waals surface area contributed by atoms with Gasteiger partial charge in [0.05, 0.1) is 24.3 Å². The van der Waals surface area contributed by atoms with E-state index in [-0.39, 0.29) is 16.9 Å². The topological polar surface area (TPSA) is 153 Å². The van der Waals surface area contributed by atoms with Crippen LogP contribution in [0.15, 0.2) is 50.9 Å². The van der Waals surface area contributed by atoms with Gasteiger partial charge in [-0.25, -0.2) is 23.5 Å². The number of H-pyrrole nitrogens is 3. The molecule has 0 radical (unpaired) electrons. The largest absolute Gasteiger partial charge is 0.438 e. The van der Waals surface area contributed by atoms with Gasteiger partial charge >= 0.3 is 17.7 Å². The summed E-state index contributed by atoms with van der Waals surface area (Å²) in [6.45, 7) is -1.41. The van der Waals surface area contributed by atoms with Crippen molar-refractivity contribution in [3.05, 3.63) is 72.7 Å². The summed E-state index contributed by atoms with van der Waals surface area (Å²) in [7, 11) is 0. The smallest absolute Gasteiger partial charge is 0.412 e. The van der Waals surface area contributed by atoms with E-state index < -0.39 is 48.0 Å². The molecule has 0 aliphatic carbocycles. The summed E-state index contributed by atoms with van der Waals surface area (Å²) in [6, 6.07) is 7.08. The molecule has 1 aliphatic rings. The fraction of sp³-hybridized carbons (Fsp3) is 0.211. The van der Waals surface area contributed by atoms with Gasteiger partial charge in [-0.3, -0.25) is 19.9 Å². The molecule has 1 amide bonds. The van der Waals surface area contributed by atoms with Gasteiger partial charge in [0.15, 0.2) is 6.10 Å². The molecule has 0 spiro atoms. The summed E-state index contributed by atoms with van der Waals surface area (Å²) >= 11 is 5.76. The zero-order valence-electron chi connectivity index (χ0n) is 16.5. The number of anilines is 2. The molecule has 0 bridgehead atoms. The minimum atomic E-state index is -3.47. The summed E-state index contributed by atoms with van der Waals surface area (Å²) in [5.74, 6) is -3.47. The molecule has 4 rings (SSSR count). The molecule has 0 saturated carbocycles. The highest BCUT2D eigenvalue weighted by Crippen LogP contribution is 2.33. The Morgan fingerprint density at radius 2 is 1.94 bits per heavy atom. The van der Waals surface area contributed by atoms with Gasteiger partial charge in [-0.1, -0.05) is 11.6 Å². The van der Waals surface area contributed by atoms with Crippen LogP contribution in [-0.4, -0.2) is 51.4 Å². The van der Waals surface area contributed by atoms with Gasteiger partial charge in [-0.15, -0.1) is 0 Å². The van der Waals surface area contributed by atoms with Crippen LogP contribution in [0.2, 0.25) is 5.02 Å². The quantitative estimate of drug-likeness (QED) is 0.441. The van der Waals surface area contributed by atoms with Crippen molar-refractivity contribution in [2.75, 3.05) is 23.3 Å². The zero-order valence-corrected chi connectivity index (χ0v) is 17.3. The van der Waals surface area contributed by atoms with Crippen molar-refractivity contribution in [1.29, 1.82) is 0 Å². The molecule has 11 nitrogen and oxygen atoms in total. The maximum Gasteiger partial charge on any atom is 0.412 e. The second kappa shape index (κ2) is 8.50. The van der Waals surface area contributed by atoms with Crippen molar-refractivity contribution < 1.29 is 18.3 Å². The Morgan fingerprint density at radius 3 is 2.64 bits per heavy atom. The molecular formula is C19H15ClF2N6O5. The van der Waals surface area contributed by atoms with Crippen LogP contribution in [-0.2, 0) is 4.74 Å². The van der Waals surface area contributed by atoms with Crippen LogP contribution in [0.3, 0.4) is 0 Å². The number of carbonyl (C=O) groups is 1. The van der Waals surface area contributed by atoms with Crippen LogP contribution in [0.5, 0.6) is 0 Å². The minimum Gasteiger partial charge on any atom is -0.438 e. The average Bonchev–Trinajstić information content (AvgIpc) is 3.04. The molecule has 0 unspecified atom stereocenters. The Morgan fingerprint density at radius 1 is 1.21 bits per heavy atom. The number of alkyl halides is 2. The van der Waals surface area contributed by atoms with E-state index in [2.05, 4.69) is 20.5 Å². The number of nitrogens with zero attached hydrogens (tertiary/aromatic N) is 2. The Bertz CT molecular complexity index is 1370. The summed E-state index contributed by atoms with van der Waals surface area (Å²) in [4.78, 5) is 52.8. The SMILES string of the molecule is O=C(Nc1ccc(Cl)cc1)O[C@H]1CN(c2cc(-c3c[nH]c(=O)[nH]c3=O)n[nH]c2=O)CC1(F)F. The molecule has 1 atom stereocenters. The van der Waals surface area contributed by atoms with Gasteiger partial charge in [0.2, 0.25) is 0 Å². The zero-order chi connectivity index (χ0) is 23.8. The lowest BCUT2D eigenvalue weighted by Gasteiger charge is -2.18. The fourth-order valence-corrected chi connectivity index (χ4v) is 3.37. The number of aromatic nitrogens is 4. The van der Waals surface area contributed by atoms with Crippen molar-refractivity contribution in [3.8, 4) is 11.3 Å². The number of nitrogens with one attached hydrogen (secondary N) is 4. The van der Waals surface area contributed by atoms with Crippen molar-refractivity contribution in [3.63, 3.8) is 0 Å². The molecule has 3 aromatic rings. The molecular weight excluding hydrogens is 466 g/mol. The van der Waals surface area contributed by atoms with Crippen LogP contribution in [0.1, 0.15) is 0 Å².